The van der Waals surface area contributed by atoms with Crippen LogP contribution in [0.4, 0.5) is 0 Å². The summed E-state index contributed by atoms with van der Waals surface area (Å²) in [4.78, 5) is 31.2. The maximum atomic E-state index is 13.0. The monoisotopic (exact) mass is 379 g/mol. The summed E-state index contributed by atoms with van der Waals surface area (Å²) in [6, 6.07) is 11.1. The van der Waals surface area contributed by atoms with E-state index in [-0.39, 0.29) is 11.8 Å². The molecule has 4 rings (SSSR count). The van der Waals surface area contributed by atoms with Crippen molar-refractivity contribution in [3.8, 4) is 0 Å². The quantitative estimate of drug-likeness (QED) is 0.678. The van der Waals surface area contributed by atoms with Crippen molar-refractivity contribution in [3.63, 3.8) is 0 Å². The molecule has 28 heavy (non-hydrogen) atoms. The Kier molecular flexibility index (Phi) is 5.03. The van der Waals surface area contributed by atoms with Gasteiger partial charge in [0.2, 0.25) is 0 Å². The van der Waals surface area contributed by atoms with E-state index >= 15 is 0 Å². The topological polar surface area (TPSA) is 89.4 Å². The first kappa shape index (κ1) is 18.1. The molecule has 144 valence electrons. The summed E-state index contributed by atoms with van der Waals surface area (Å²) in [7, 11) is 1.58. The normalized spacial score (nSPS) is 13.4. The number of hydrogen-bond donors (Lipinski definition) is 1. The summed E-state index contributed by atoms with van der Waals surface area (Å²) < 4.78 is 6.72. The van der Waals surface area contributed by atoms with E-state index in [2.05, 4.69) is 15.4 Å². The van der Waals surface area contributed by atoms with Gasteiger partial charge in [-0.2, -0.15) is 5.10 Å². The first-order chi connectivity index (χ1) is 13.7. The Morgan fingerprint density at radius 2 is 2.11 bits per heavy atom. The second kappa shape index (κ2) is 7.77. The lowest BCUT2D eigenvalue weighted by Crippen LogP contribution is -2.38. The Morgan fingerprint density at radius 1 is 1.21 bits per heavy atom. The number of aromatic nitrogens is 3. The minimum Gasteiger partial charge on any atom is -0.383 e. The molecular formula is C20H21N5O3. The molecule has 2 amide bonds. The molecule has 8 heteroatoms. The van der Waals surface area contributed by atoms with Gasteiger partial charge in [0.05, 0.1) is 30.9 Å². The third-order valence-corrected chi connectivity index (χ3v) is 4.76. The Bertz CT molecular complexity index is 1030. The van der Waals surface area contributed by atoms with Crippen molar-refractivity contribution in [2.45, 2.75) is 13.1 Å². The van der Waals surface area contributed by atoms with E-state index in [9.17, 15) is 9.59 Å². The molecule has 3 aromatic rings. The van der Waals surface area contributed by atoms with Crippen molar-refractivity contribution in [1.82, 2.24) is 25.0 Å². The van der Waals surface area contributed by atoms with Gasteiger partial charge in [-0.05, 0) is 30.3 Å². The van der Waals surface area contributed by atoms with Crippen molar-refractivity contribution < 1.29 is 14.3 Å². The first-order valence-corrected chi connectivity index (χ1v) is 9.13. The number of nitrogens with zero attached hydrogens (tertiary/aromatic N) is 4. The molecule has 1 N–H and O–H groups in total. The van der Waals surface area contributed by atoms with Crippen LogP contribution in [0.5, 0.6) is 0 Å². The molecule has 1 aromatic carbocycles. The molecule has 0 aliphatic carbocycles. The molecule has 1 aliphatic rings. The molecule has 1 aliphatic heterocycles. The standard InChI is InChI=1S/C20H21N5O3/c1-28-10-7-22-19(26)18-12-16-13-24(8-9-25(16)23-18)20(27)15-4-5-17-14(11-15)3-2-6-21-17/h2-6,11-12H,7-10,13H2,1H3,(H,22,26). The number of methoxy groups -OCH3 is 1. The van der Waals surface area contributed by atoms with Crippen molar-refractivity contribution >= 4 is 22.7 Å². The van der Waals surface area contributed by atoms with Gasteiger partial charge in [-0.25, -0.2) is 0 Å². The van der Waals surface area contributed by atoms with E-state index in [0.717, 1.165) is 16.6 Å². The van der Waals surface area contributed by atoms with Gasteiger partial charge in [0.25, 0.3) is 11.8 Å². The number of fused-ring (bicyclic) bond motifs is 2. The summed E-state index contributed by atoms with van der Waals surface area (Å²) in [5.41, 5.74) is 2.70. The van der Waals surface area contributed by atoms with Crippen molar-refractivity contribution in [3.05, 3.63) is 59.5 Å². The molecule has 0 radical (unpaired) electrons. The number of nitrogens with one attached hydrogen (secondary N) is 1. The van der Waals surface area contributed by atoms with Crippen LogP contribution in [-0.2, 0) is 17.8 Å². The molecule has 2 aromatic heterocycles. The zero-order valence-corrected chi connectivity index (χ0v) is 15.6. The van der Waals surface area contributed by atoms with Gasteiger partial charge in [0, 0.05) is 37.3 Å². The van der Waals surface area contributed by atoms with Crippen LogP contribution in [0.3, 0.4) is 0 Å². The predicted octanol–water partition coefficient (Wildman–Crippen LogP) is 1.46. The lowest BCUT2D eigenvalue weighted by atomic mass is 10.1. The molecule has 8 nitrogen and oxygen atoms in total. The minimum atomic E-state index is -0.237. The zero-order valence-electron chi connectivity index (χ0n) is 15.6. The largest absolute Gasteiger partial charge is 0.383 e. The van der Waals surface area contributed by atoms with Gasteiger partial charge in [-0.1, -0.05) is 6.07 Å². The van der Waals surface area contributed by atoms with Crippen molar-refractivity contribution in [2.75, 3.05) is 26.8 Å². The molecule has 0 saturated carbocycles. The maximum absolute atomic E-state index is 13.0. The lowest BCUT2D eigenvalue weighted by Gasteiger charge is -2.27. The Balaban J connectivity index is 1.48. The molecule has 3 heterocycles. The molecule has 0 spiro atoms. The second-order valence-corrected chi connectivity index (χ2v) is 6.63. The van der Waals surface area contributed by atoms with Crippen molar-refractivity contribution in [2.24, 2.45) is 0 Å². The van der Waals surface area contributed by atoms with Crippen molar-refractivity contribution in [1.29, 1.82) is 0 Å². The van der Waals surface area contributed by atoms with Crippen LogP contribution in [0, 0.1) is 0 Å². The van der Waals surface area contributed by atoms with Gasteiger partial charge in [-0.15, -0.1) is 0 Å². The van der Waals surface area contributed by atoms with Crippen LogP contribution in [0.1, 0.15) is 26.5 Å². The molecule has 0 unspecified atom stereocenters. The number of carbonyl (C=O) groups is 2. The number of ether oxygens (including phenoxy) is 1. The van der Waals surface area contributed by atoms with Crippen LogP contribution in [-0.4, -0.2) is 58.3 Å². The summed E-state index contributed by atoms with van der Waals surface area (Å²) in [5, 5.41) is 8.05. The number of benzene rings is 1. The molecule has 0 atom stereocenters. The summed E-state index contributed by atoms with van der Waals surface area (Å²) in [6.45, 7) is 2.40. The Hall–Kier alpha value is -3.26. The van der Waals surface area contributed by atoms with Gasteiger partial charge in [0.15, 0.2) is 5.69 Å². The average molecular weight is 379 g/mol. The van der Waals surface area contributed by atoms with Crippen LogP contribution in [0.2, 0.25) is 0 Å². The van der Waals surface area contributed by atoms with Crippen LogP contribution >= 0.6 is 0 Å². The fourth-order valence-corrected chi connectivity index (χ4v) is 3.30. The van der Waals surface area contributed by atoms with E-state index in [1.54, 1.807) is 35.0 Å². The van der Waals surface area contributed by atoms with Gasteiger partial charge in [-0.3, -0.25) is 19.3 Å². The summed E-state index contributed by atoms with van der Waals surface area (Å²) in [5.74, 6) is -0.275. The van der Waals surface area contributed by atoms with E-state index in [4.69, 9.17) is 4.74 Å². The van der Waals surface area contributed by atoms with Gasteiger partial charge < -0.3 is 15.0 Å². The lowest BCUT2D eigenvalue weighted by molar-refractivity contribution is 0.0705. The molecular weight excluding hydrogens is 358 g/mol. The third kappa shape index (κ3) is 3.59. The predicted molar refractivity (Wildman–Crippen MR) is 103 cm³/mol. The highest BCUT2D eigenvalue weighted by molar-refractivity contribution is 5.98. The van der Waals surface area contributed by atoms with Gasteiger partial charge in [0.1, 0.15) is 0 Å². The number of rotatable bonds is 5. The SMILES string of the molecule is COCCNC(=O)c1cc2n(n1)CCN(C(=O)c1ccc3ncccc3c1)C2. The zero-order chi connectivity index (χ0) is 19.5. The van der Waals surface area contributed by atoms with E-state index in [1.807, 2.05) is 24.3 Å². The number of pyridine rings is 1. The molecule has 0 fully saturated rings. The molecule has 0 bridgehead atoms. The molecule has 0 saturated heterocycles. The Morgan fingerprint density at radius 3 is 2.96 bits per heavy atom. The fourth-order valence-electron chi connectivity index (χ4n) is 3.30. The third-order valence-electron chi connectivity index (χ3n) is 4.76. The van der Waals surface area contributed by atoms with E-state index in [0.29, 0.717) is 44.0 Å². The number of amides is 2. The summed E-state index contributed by atoms with van der Waals surface area (Å²) in [6.07, 6.45) is 1.73. The first-order valence-electron chi connectivity index (χ1n) is 9.13. The summed E-state index contributed by atoms with van der Waals surface area (Å²) >= 11 is 0. The fraction of sp³-hybridized carbons (Fsp3) is 0.300. The van der Waals surface area contributed by atoms with Gasteiger partial charge >= 0.3 is 0 Å². The highest BCUT2D eigenvalue weighted by Gasteiger charge is 2.24. The minimum absolute atomic E-state index is 0.0377. The second-order valence-electron chi connectivity index (χ2n) is 6.63. The Labute approximate surface area is 162 Å². The van der Waals surface area contributed by atoms with E-state index in [1.165, 1.54) is 0 Å². The van der Waals surface area contributed by atoms with Crippen LogP contribution < -0.4 is 5.32 Å². The van der Waals surface area contributed by atoms with Crippen LogP contribution in [0.25, 0.3) is 10.9 Å². The highest BCUT2D eigenvalue weighted by atomic mass is 16.5. The maximum Gasteiger partial charge on any atom is 0.271 e. The number of carbonyl (C=O) groups excluding carboxylic acids is 2. The van der Waals surface area contributed by atoms with E-state index < -0.39 is 0 Å². The average Bonchev–Trinajstić information content (AvgIpc) is 3.16. The smallest absolute Gasteiger partial charge is 0.271 e. The highest BCUT2D eigenvalue weighted by Crippen LogP contribution is 2.19. The van der Waals surface area contributed by atoms with Crippen LogP contribution in [0.15, 0.2) is 42.6 Å². The number of hydrogen-bond acceptors (Lipinski definition) is 5.